The van der Waals surface area contributed by atoms with Crippen LogP contribution in [0, 0.1) is 5.41 Å². The van der Waals surface area contributed by atoms with Gasteiger partial charge >= 0.3 is 0 Å². The molecule has 1 aromatic rings. The lowest BCUT2D eigenvalue weighted by Crippen LogP contribution is -2.44. The Hall–Kier alpha value is -1.48. The number of amides is 1. The number of carbonyl (C=O) groups excluding carboxylic acids is 1. The van der Waals surface area contributed by atoms with Crippen molar-refractivity contribution in [1.82, 2.24) is 14.1 Å². The standard InChI is InChI=1S/C21H31N3O4S/c25-20-21(7-9-23(20)12-11-22-13-15-28-16-14-22)8-10-24(18-21)29(26,27)17-6-19-4-2-1-3-5-19/h1-5H,6-18H2. The Morgan fingerprint density at radius 1 is 0.966 bits per heavy atom. The fourth-order valence-corrected chi connectivity index (χ4v) is 6.23. The average molecular weight is 422 g/mol. The molecule has 7 nitrogen and oxygen atoms in total. The molecular formula is C21H31N3O4S. The molecule has 3 fully saturated rings. The number of benzene rings is 1. The van der Waals surface area contributed by atoms with Crippen molar-refractivity contribution < 1.29 is 17.9 Å². The van der Waals surface area contributed by atoms with Crippen molar-refractivity contribution in [3.63, 3.8) is 0 Å². The maximum atomic E-state index is 13.1. The van der Waals surface area contributed by atoms with E-state index in [0.717, 1.165) is 57.9 Å². The molecule has 0 aliphatic carbocycles. The molecule has 160 valence electrons. The van der Waals surface area contributed by atoms with Crippen LogP contribution in [0.5, 0.6) is 0 Å². The first-order valence-corrected chi connectivity index (χ1v) is 12.2. The normalized spacial score (nSPS) is 26.6. The first kappa shape index (κ1) is 20.8. The van der Waals surface area contributed by atoms with Crippen molar-refractivity contribution in [3.8, 4) is 0 Å². The minimum absolute atomic E-state index is 0.0992. The summed E-state index contributed by atoms with van der Waals surface area (Å²) in [5.74, 6) is 0.244. The van der Waals surface area contributed by atoms with Gasteiger partial charge in [0.05, 0.1) is 24.4 Å². The molecule has 3 aliphatic heterocycles. The number of morpholine rings is 1. The van der Waals surface area contributed by atoms with Crippen LogP contribution in [0.2, 0.25) is 0 Å². The van der Waals surface area contributed by atoms with Crippen LogP contribution in [0.1, 0.15) is 18.4 Å². The number of nitrogens with zero attached hydrogens (tertiary/aromatic N) is 3. The van der Waals surface area contributed by atoms with E-state index in [-0.39, 0.29) is 11.7 Å². The number of sulfonamides is 1. The van der Waals surface area contributed by atoms with Crippen LogP contribution >= 0.6 is 0 Å². The lowest BCUT2D eigenvalue weighted by molar-refractivity contribution is -0.135. The van der Waals surface area contributed by atoms with Gasteiger partial charge in [0.1, 0.15) is 0 Å². The van der Waals surface area contributed by atoms with E-state index in [4.69, 9.17) is 4.74 Å². The number of hydrogen-bond donors (Lipinski definition) is 0. The van der Waals surface area contributed by atoms with Crippen molar-refractivity contribution in [3.05, 3.63) is 35.9 Å². The molecule has 0 N–H and O–H groups in total. The molecule has 3 saturated heterocycles. The van der Waals surface area contributed by atoms with E-state index in [1.54, 1.807) is 4.31 Å². The Morgan fingerprint density at radius 2 is 1.69 bits per heavy atom. The molecule has 8 heteroatoms. The SMILES string of the molecule is O=C1N(CCN2CCOCC2)CCC12CCN(S(=O)(=O)CCc1ccccc1)C2. The molecular weight excluding hydrogens is 390 g/mol. The Kier molecular flexibility index (Phi) is 6.24. The third-order valence-corrected chi connectivity index (χ3v) is 8.41. The lowest BCUT2D eigenvalue weighted by Gasteiger charge is -2.29. The fourth-order valence-electron chi connectivity index (χ4n) is 4.66. The zero-order valence-corrected chi connectivity index (χ0v) is 17.8. The smallest absolute Gasteiger partial charge is 0.230 e. The largest absolute Gasteiger partial charge is 0.379 e. The number of aryl methyl sites for hydroxylation is 1. The van der Waals surface area contributed by atoms with Crippen LogP contribution in [0.15, 0.2) is 30.3 Å². The highest BCUT2D eigenvalue weighted by Gasteiger charge is 2.52. The average Bonchev–Trinajstić information content (AvgIpc) is 3.32. The van der Waals surface area contributed by atoms with E-state index in [1.165, 1.54) is 0 Å². The maximum absolute atomic E-state index is 13.1. The topological polar surface area (TPSA) is 70.2 Å². The van der Waals surface area contributed by atoms with E-state index in [9.17, 15) is 13.2 Å². The van der Waals surface area contributed by atoms with E-state index in [2.05, 4.69) is 4.90 Å². The van der Waals surface area contributed by atoms with Gasteiger partial charge in [0, 0.05) is 45.8 Å². The zero-order chi connectivity index (χ0) is 20.3. The second kappa shape index (κ2) is 8.71. The van der Waals surface area contributed by atoms with Crippen molar-refractivity contribution in [2.75, 3.05) is 64.8 Å². The van der Waals surface area contributed by atoms with Gasteiger partial charge in [-0.05, 0) is 24.8 Å². The van der Waals surface area contributed by atoms with Gasteiger partial charge in [0.15, 0.2) is 0 Å². The van der Waals surface area contributed by atoms with Crippen LogP contribution in [-0.4, -0.2) is 93.2 Å². The van der Waals surface area contributed by atoms with Crippen LogP contribution in [-0.2, 0) is 26.0 Å². The van der Waals surface area contributed by atoms with Crippen LogP contribution in [0.3, 0.4) is 0 Å². The van der Waals surface area contributed by atoms with Gasteiger partial charge in [-0.3, -0.25) is 9.69 Å². The van der Waals surface area contributed by atoms with Crippen LogP contribution in [0.4, 0.5) is 0 Å². The molecule has 29 heavy (non-hydrogen) atoms. The summed E-state index contributed by atoms with van der Waals surface area (Å²) in [6.07, 6.45) is 1.91. The maximum Gasteiger partial charge on any atom is 0.230 e. The number of rotatable bonds is 7. The molecule has 1 aromatic carbocycles. The van der Waals surface area contributed by atoms with Gasteiger partial charge in [0.2, 0.25) is 15.9 Å². The summed E-state index contributed by atoms with van der Waals surface area (Å²) in [5, 5.41) is 0. The minimum Gasteiger partial charge on any atom is -0.379 e. The Bertz CT molecular complexity index is 810. The number of hydrogen-bond acceptors (Lipinski definition) is 5. The molecule has 0 radical (unpaired) electrons. The second-order valence-electron chi connectivity index (χ2n) is 8.41. The van der Waals surface area contributed by atoms with E-state index in [1.807, 2.05) is 35.2 Å². The van der Waals surface area contributed by atoms with Crippen molar-refractivity contribution >= 4 is 15.9 Å². The predicted molar refractivity (Wildman–Crippen MR) is 111 cm³/mol. The van der Waals surface area contributed by atoms with Crippen molar-refractivity contribution in [2.24, 2.45) is 5.41 Å². The minimum atomic E-state index is -3.35. The molecule has 3 aliphatic rings. The number of carbonyl (C=O) groups is 1. The number of ether oxygens (including phenoxy) is 1. The second-order valence-corrected chi connectivity index (χ2v) is 10.5. The van der Waals surface area contributed by atoms with Gasteiger partial charge < -0.3 is 9.64 Å². The van der Waals surface area contributed by atoms with Gasteiger partial charge in [-0.25, -0.2) is 12.7 Å². The molecule has 1 unspecified atom stereocenters. The summed E-state index contributed by atoms with van der Waals surface area (Å²) < 4.78 is 32.6. The summed E-state index contributed by atoms with van der Waals surface area (Å²) in [5.41, 5.74) is 0.515. The highest BCUT2D eigenvalue weighted by atomic mass is 32.2. The van der Waals surface area contributed by atoms with E-state index >= 15 is 0 Å². The molecule has 0 bridgehead atoms. The molecule has 1 amide bonds. The summed E-state index contributed by atoms with van der Waals surface area (Å²) in [7, 11) is -3.35. The fraction of sp³-hybridized carbons (Fsp3) is 0.667. The summed E-state index contributed by atoms with van der Waals surface area (Å²) >= 11 is 0. The summed E-state index contributed by atoms with van der Waals surface area (Å²) in [4.78, 5) is 17.4. The van der Waals surface area contributed by atoms with Gasteiger partial charge in [0.25, 0.3) is 0 Å². The van der Waals surface area contributed by atoms with Crippen LogP contribution < -0.4 is 0 Å². The molecule has 1 atom stereocenters. The van der Waals surface area contributed by atoms with Gasteiger partial charge in [-0.15, -0.1) is 0 Å². The predicted octanol–water partition coefficient (Wildman–Crippen LogP) is 0.816. The first-order chi connectivity index (χ1) is 14.0. The number of likely N-dealkylation sites (tertiary alicyclic amines) is 1. The Labute approximate surface area is 173 Å². The van der Waals surface area contributed by atoms with E-state index in [0.29, 0.717) is 25.9 Å². The highest BCUT2D eigenvalue weighted by Crippen LogP contribution is 2.41. The third kappa shape index (κ3) is 4.66. The van der Waals surface area contributed by atoms with Crippen LogP contribution in [0.25, 0.3) is 0 Å². The summed E-state index contributed by atoms with van der Waals surface area (Å²) in [6.45, 7) is 6.48. The summed E-state index contributed by atoms with van der Waals surface area (Å²) in [6, 6.07) is 9.69. The zero-order valence-electron chi connectivity index (χ0n) is 17.0. The molecule has 3 heterocycles. The Balaban J connectivity index is 1.31. The van der Waals surface area contributed by atoms with Crippen molar-refractivity contribution in [1.29, 1.82) is 0 Å². The monoisotopic (exact) mass is 421 g/mol. The molecule has 4 rings (SSSR count). The van der Waals surface area contributed by atoms with E-state index < -0.39 is 15.4 Å². The van der Waals surface area contributed by atoms with Crippen molar-refractivity contribution in [2.45, 2.75) is 19.3 Å². The quantitative estimate of drug-likeness (QED) is 0.652. The Morgan fingerprint density at radius 3 is 2.45 bits per heavy atom. The highest BCUT2D eigenvalue weighted by molar-refractivity contribution is 7.89. The lowest BCUT2D eigenvalue weighted by atomic mass is 9.86. The first-order valence-electron chi connectivity index (χ1n) is 10.6. The molecule has 1 spiro atoms. The van der Waals surface area contributed by atoms with Gasteiger partial charge in [-0.1, -0.05) is 30.3 Å². The van der Waals surface area contributed by atoms with Gasteiger partial charge in [-0.2, -0.15) is 0 Å². The molecule has 0 aromatic heterocycles. The third-order valence-electron chi connectivity index (χ3n) is 6.59. The molecule has 0 saturated carbocycles.